The summed E-state index contributed by atoms with van der Waals surface area (Å²) in [7, 11) is 0. The quantitative estimate of drug-likeness (QED) is 0.436. The number of aromatic nitrogens is 4. The number of hydrogen-bond donors (Lipinski definition) is 4. The summed E-state index contributed by atoms with van der Waals surface area (Å²) in [5.41, 5.74) is 10.4. The second-order valence-electron chi connectivity index (χ2n) is 3.32. The third-order valence-corrected chi connectivity index (χ3v) is 2.00. The largest absolute Gasteiger partial charge is 0.384 e. The minimum absolute atomic E-state index is 0.183. The van der Waals surface area contributed by atoms with Crippen LogP contribution in [0, 0.1) is 24.7 Å². The van der Waals surface area contributed by atoms with Gasteiger partial charge in [0.1, 0.15) is 11.6 Å². The van der Waals surface area contributed by atoms with E-state index in [2.05, 4.69) is 31.8 Å². The maximum atomic E-state index is 10.4. The number of nitrogen functional groups attached to an aromatic ring is 2. The molecule has 100 valence electrons. The third kappa shape index (κ3) is 3.75. The SMILES string of the molecule is C#Cc1cnc(=O)[nH]c1N.C#Cc1cnc(=O)[nH]c1N. The van der Waals surface area contributed by atoms with E-state index >= 15 is 0 Å². The minimum Gasteiger partial charge on any atom is -0.384 e. The van der Waals surface area contributed by atoms with Crippen molar-refractivity contribution in [2.45, 2.75) is 0 Å². The Balaban J connectivity index is 0.000000200. The Morgan fingerprint density at radius 3 is 1.50 bits per heavy atom. The summed E-state index contributed by atoms with van der Waals surface area (Å²) in [5, 5.41) is 0. The van der Waals surface area contributed by atoms with Gasteiger partial charge in [-0.25, -0.2) is 19.6 Å². The summed E-state index contributed by atoms with van der Waals surface area (Å²) in [6.07, 6.45) is 12.5. The Bertz CT molecular complexity index is 737. The predicted octanol–water partition coefficient (Wildman–Crippen LogP) is -1.33. The standard InChI is InChI=1S/2C6H5N3O/c2*1-2-4-3-8-6(10)9-5(4)7/h2*1,3H,(H3,7,8,9,10). The van der Waals surface area contributed by atoms with Gasteiger partial charge in [0.05, 0.1) is 23.5 Å². The highest BCUT2D eigenvalue weighted by Crippen LogP contribution is 1.99. The number of nitrogens with two attached hydrogens (primary N) is 2. The number of terminal acetylenes is 2. The van der Waals surface area contributed by atoms with Crippen LogP contribution in [-0.4, -0.2) is 19.9 Å². The zero-order valence-electron chi connectivity index (χ0n) is 10.2. The van der Waals surface area contributed by atoms with Gasteiger partial charge in [0.15, 0.2) is 0 Å². The van der Waals surface area contributed by atoms with Gasteiger partial charge in [0.2, 0.25) is 0 Å². The number of aromatic amines is 2. The predicted molar refractivity (Wildman–Crippen MR) is 74.4 cm³/mol. The van der Waals surface area contributed by atoms with E-state index < -0.39 is 11.4 Å². The molecule has 0 bridgehead atoms. The molecule has 0 radical (unpaired) electrons. The maximum absolute atomic E-state index is 10.4. The summed E-state index contributed by atoms with van der Waals surface area (Å²) in [5.74, 6) is 4.90. The normalized spacial score (nSPS) is 8.70. The molecule has 0 saturated heterocycles. The first-order valence-electron chi connectivity index (χ1n) is 5.10. The van der Waals surface area contributed by atoms with Gasteiger partial charge in [0.25, 0.3) is 0 Å². The molecule has 2 aromatic heterocycles. The molecule has 0 aliphatic carbocycles. The Morgan fingerprint density at radius 2 is 1.25 bits per heavy atom. The van der Waals surface area contributed by atoms with E-state index in [1.165, 1.54) is 12.4 Å². The van der Waals surface area contributed by atoms with Gasteiger partial charge >= 0.3 is 11.4 Å². The molecule has 0 fully saturated rings. The van der Waals surface area contributed by atoms with Crippen LogP contribution >= 0.6 is 0 Å². The summed E-state index contributed by atoms with van der Waals surface area (Å²) >= 11 is 0. The second kappa shape index (κ2) is 6.42. The molecule has 6 N–H and O–H groups in total. The molecule has 0 saturated carbocycles. The average molecular weight is 270 g/mol. The van der Waals surface area contributed by atoms with Crippen molar-refractivity contribution < 1.29 is 0 Å². The van der Waals surface area contributed by atoms with Crippen molar-refractivity contribution in [2.24, 2.45) is 0 Å². The molecule has 0 atom stereocenters. The molecule has 2 aromatic rings. The molecule has 0 aliphatic heterocycles. The molecule has 20 heavy (non-hydrogen) atoms. The minimum atomic E-state index is -0.489. The molecule has 0 aromatic carbocycles. The number of rotatable bonds is 0. The highest BCUT2D eigenvalue weighted by molar-refractivity contribution is 5.47. The highest BCUT2D eigenvalue weighted by Gasteiger charge is 1.94. The molecule has 2 heterocycles. The van der Waals surface area contributed by atoms with E-state index in [4.69, 9.17) is 24.3 Å². The average Bonchev–Trinajstić information content (AvgIpc) is 2.40. The van der Waals surface area contributed by atoms with Gasteiger partial charge in [-0.1, -0.05) is 11.8 Å². The van der Waals surface area contributed by atoms with Crippen LogP contribution in [0.25, 0.3) is 0 Å². The molecular weight excluding hydrogens is 260 g/mol. The lowest BCUT2D eigenvalue weighted by atomic mass is 10.3. The van der Waals surface area contributed by atoms with E-state index in [-0.39, 0.29) is 11.6 Å². The van der Waals surface area contributed by atoms with Gasteiger partial charge < -0.3 is 11.5 Å². The Kier molecular flexibility index (Phi) is 4.67. The van der Waals surface area contributed by atoms with Gasteiger partial charge in [-0.05, 0) is 0 Å². The van der Waals surface area contributed by atoms with Crippen LogP contribution in [0.4, 0.5) is 11.6 Å². The summed E-state index contributed by atoms with van der Waals surface area (Å²) < 4.78 is 0. The van der Waals surface area contributed by atoms with Gasteiger partial charge in [0, 0.05) is 0 Å². The smallest absolute Gasteiger partial charge is 0.346 e. The van der Waals surface area contributed by atoms with E-state index in [0.29, 0.717) is 11.1 Å². The number of anilines is 2. The molecule has 2 rings (SSSR count). The first-order chi connectivity index (χ1) is 9.47. The second-order valence-corrected chi connectivity index (χ2v) is 3.32. The fourth-order valence-corrected chi connectivity index (χ4v) is 1.05. The van der Waals surface area contributed by atoms with Crippen LogP contribution in [-0.2, 0) is 0 Å². The lowest BCUT2D eigenvalue weighted by Crippen LogP contribution is -2.12. The first kappa shape index (κ1) is 14.5. The van der Waals surface area contributed by atoms with Crippen molar-refractivity contribution in [1.29, 1.82) is 0 Å². The zero-order chi connectivity index (χ0) is 15.1. The monoisotopic (exact) mass is 270 g/mol. The first-order valence-corrected chi connectivity index (χ1v) is 5.10. The van der Waals surface area contributed by atoms with Crippen LogP contribution in [0.5, 0.6) is 0 Å². The number of nitrogens with one attached hydrogen (secondary N) is 2. The Morgan fingerprint density at radius 1 is 0.900 bits per heavy atom. The molecular formula is C12H10N6O2. The topological polar surface area (TPSA) is 144 Å². The number of nitrogens with zero attached hydrogens (tertiary/aromatic N) is 2. The number of H-pyrrole nitrogens is 2. The van der Waals surface area contributed by atoms with E-state index in [1.807, 2.05) is 0 Å². The molecule has 0 unspecified atom stereocenters. The fraction of sp³-hybridized carbons (Fsp3) is 0. The van der Waals surface area contributed by atoms with E-state index in [1.54, 1.807) is 0 Å². The van der Waals surface area contributed by atoms with Crippen LogP contribution in [0.1, 0.15) is 11.1 Å². The molecule has 8 heteroatoms. The van der Waals surface area contributed by atoms with Crippen molar-refractivity contribution in [3.05, 3.63) is 44.5 Å². The molecule has 0 spiro atoms. The molecule has 8 nitrogen and oxygen atoms in total. The van der Waals surface area contributed by atoms with Crippen molar-refractivity contribution in [3.63, 3.8) is 0 Å². The maximum Gasteiger partial charge on any atom is 0.346 e. The van der Waals surface area contributed by atoms with Gasteiger partial charge in [-0.15, -0.1) is 12.8 Å². The van der Waals surface area contributed by atoms with E-state index in [9.17, 15) is 9.59 Å². The third-order valence-electron chi connectivity index (χ3n) is 2.00. The summed E-state index contributed by atoms with van der Waals surface area (Å²) in [4.78, 5) is 32.2. The van der Waals surface area contributed by atoms with Crippen molar-refractivity contribution >= 4 is 11.6 Å². The zero-order valence-corrected chi connectivity index (χ0v) is 10.2. The van der Waals surface area contributed by atoms with Gasteiger partial charge in [-0.2, -0.15) is 0 Å². The number of hydrogen-bond acceptors (Lipinski definition) is 6. The lowest BCUT2D eigenvalue weighted by Gasteiger charge is -1.92. The summed E-state index contributed by atoms with van der Waals surface area (Å²) in [6, 6.07) is 0. The highest BCUT2D eigenvalue weighted by atomic mass is 16.1. The van der Waals surface area contributed by atoms with Crippen LogP contribution in [0.3, 0.4) is 0 Å². The van der Waals surface area contributed by atoms with Crippen molar-refractivity contribution in [3.8, 4) is 24.7 Å². The Hall–Kier alpha value is -3.52. The Labute approximate surface area is 113 Å². The van der Waals surface area contributed by atoms with Crippen molar-refractivity contribution in [1.82, 2.24) is 19.9 Å². The van der Waals surface area contributed by atoms with Crippen molar-refractivity contribution in [2.75, 3.05) is 11.5 Å². The van der Waals surface area contributed by atoms with Gasteiger partial charge in [-0.3, -0.25) is 9.97 Å². The van der Waals surface area contributed by atoms with Crippen LogP contribution in [0.2, 0.25) is 0 Å². The fourth-order valence-electron chi connectivity index (χ4n) is 1.05. The molecule has 0 amide bonds. The van der Waals surface area contributed by atoms with Crippen LogP contribution < -0.4 is 22.8 Å². The van der Waals surface area contributed by atoms with E-state index in [0.717, 1.165) is 0 Å². The lowest BCUT2D eigenvalue weighted by molar-refractivity contribution is 1.08. The van der Waals surface area contributed by atoms with Crippen LogP contribution in [0.15, 0.2) is 22.0 Å². The molecule has 0 aliphatic rings. The summed E-state index contributed by atoms with van der Waals surface area (Å²) in [6.45, 7) is 0.